The van der Waals surface area contributed by atoms with Crippen LogP contribution in [0.25, 0.3) is 0 Å². The highest BCUT2D eigenvalue weighted by Gasteiger charge is 2.41. The van der Waals surface area contributed by atoms with Gasteiger partial charge in [-0.05, 0) is 31.0 Å². The van der Waals surface area contributed by atoms with Gasteiger partial charge in [-0.3, -0.25) is 0 Å². The molecule has 5 heteroatoms. The topological polar surface area (TPSA) is 36.3 Å². The third-order valence-electron chi connectivity index (χ3n) is 4.99. The Kier molecular flexibility index (Phi) is 6.15. The van der Waals surface area contributed by atoms with Gasteiger partial charge in [0.2, 0.25) is 0 Å². The Morgan fingerprint density at radius 1 is 1.14 bits per heavy atom. The van der Waals surface area contributed by atoms with E-state index in [1.165, 1.54) is 16.0 Å². The second kappa shape index (κ2) is 8.95. The molecule has 1 fully saturated rings. The predicted molar refractivity (Wildman–Crippen MR) is 112 cm³/mol. The number of hydrogen-bond donors (Lipinski definition) is 0. The van der Waals surface area contributed by atoms with Gasteiger partial charge >= 0.3 is 0 Å². The van der Waals surface area contributed by atoms with Crippen molar-refractivity contribution < 1.29 is 9.47 Å². The maximum absolute atomic E-state index is 6.50. The zero-order valence-corrected chi connectivity index (χ0v) is 17.0. The third-order valence-corrected chi connectivity index (χ3v) is 6.13. The van der Waals surface area contributed by atoms with Crippen molar-refractivity contribution in [1.82, 2.24) is 9.55 Å². The summed E-state index contributed by atoms with van der Waals surface area (Å²) < 4.78 is 14.8. The van der Waals surface area contributed by atoms with E-state index in [1.54, 1.807) is 6.20 Å². The molecule has 4 nitrogen and oxygen atoms in total. The molecule has 0 bridgehead atoms. The maximum Gasteiger partial charge on any atom is 0.187 e. The van der Waals surface area contributed by atoms with Gasteiger partial charge in [0.05, 0.1) is 25.6 Å². The average molecular weight is 395 g/mol. The fraction of sp³-hybridized carbons (Fsp3) is 0.348. The van der Waals surface area contributed by atoms with Gasteiger partial charge in [-0.25, -0.2) is 4.98 Å². The Morgan fingerprint density at radius 2 is 1.96 bits per heavy atom. The van der Waals surface area contributed by atoms with Gasteiger partial charge in [0, 0.05) is 29.5 Å². The normalized spacial score (nSPS) is 21.8. The summed E-state index contributed by atoms with van der Waals surface area (Å²) in [6.45, 7) is 3.40. The van der Waals surface area contributed by atoms with Crippen molar-refractivity contribution in [3.05, 3.63) is 84.4 Å². The number of aromatic nitrogens is 2. The van der Waals surface area contributed by atoms with E-state index in [0.29, 0.717) is 13.2 Å². The van der Waals surface area contributed by atoms with Gasteiger partial charge < -0.3 is 14.0 Å². The fourth-order valence-electron chi connectivity index (χ4n) is 3.45. The Bertz CT molecular complexity index is 852. The summed E-state index contributed by atoms with van der Waals surface area (Å²) in [7, 11) is 0. The van der Waals surface area contributed by atoms with Crippen LogP contribution in [-0.4, -0.2) is 33.8 Å². The molecule has 1 aromatic heterocycles. The number of benzene rings is 2. The summed E-state index contributed by atoms with van der Waals surface area (Å²) in [6.07, 6.45) is 7.42. The van der Waals surface area contributed by atoms with E-state index < -0.39 is 5.79 Å². The van der Waals surface area contributed by atoms with E-state index in [0.717, 1.165) is 18.6 Å². The quantitative estimate of drug-likeness (QED) is 0.518. The lowest BCUT2D eigenvalue weighted by molar-refractivity contribution is -0.180. The molecule has 0 saturated carbocycles. The standard InChI is InChI=1S/C23H26N2O2S/c1-19-7-9-20(10-8-19)11-12-23(17-25-14-13-24-18-25)26-15-21(27-23)16-28-22-5-3-2-4-6-22/h2-10,13-14,18,21H,11-12,15-17H2,1H3. The zero-order chi connectivity index (χ0) is 19.2. The SMILES string of the molecule is Cc1ccc(CCC2(Cn3ccnc3)OCC(CSc3ccccc3)O2)cc1. The molecule has 1 aliphatic rings. The Morgan fingerprint density at radius 3 is 2.71 bits per heavy atom. The van der Waals surface area contributed by atoms with Crippen molar-refractivity contribution in [3.8, 4) is 0 Å². The highest BCUT2D eigenvalue weighted by Crippen LogP contribution is 2.33. The second-order valence-corrected chi connectivity index (χ2v) is 8.40. The van der Waals surface area contributed by atoms with Crippen molar-refractivity contribution in [1.29, 1.82) is 0 Å². The number of thioether (sulfide) groups is 1. The van der Waals surface area contributed by atoms with Gasteiger partial charge in [0.25, 0.3) is 0 Å². The lowest BCUT2D eigenvalue weighted by Crippen LogP contribution is -2.37. The van der Waals surface area contributed by atoms with E-state index in [1.807, 2.05) is 34.9 Å². The van der Waals surface area contributed by atoms with E-state index in [4.69, 9.17) is 9.47 Å². The van der Waals surface area contributed by atoms with Gasteiger partial charge in [-0.2, -0.15) is 0 Å². The summed E-state index contributed by atoms with van der Waals surface area (Å²) in [5.74, 6) is 0.285. The number of hydrogen-bond acceptors (Lipinski definition) is 4. The molecule has 0 amide bonds. The van der Waals surface area contributed by atoms with Crippen LogP contribution in [0.1, 0.15) is 17.5 Å². The first-order valence-corrected chi connectivity index (χ1v) is 10.7. The molecule has 28 heavy (non-hydrogen) atoms. The van der Waals surface area contributed by atoms with E-state index >= 15 is 0 Å². The summed E-state index contributed by atoms with van der Waals surface area (Å²) >= 11 is 1.82. The first-order chi connectivity index (χ1) is 13.7. The molecular formula is C23H26N2O2S. The van der Waals surface area contributed by atoms with Crippen LogP contribution < -0.4 is 0 Å². The summed E-state index contributed by atoms with van der Waals surface area (Å²) in [4.78, 5) is 5.43. The average Bonchev–Trinajstić information content (AvgIpc) is 3.38. The van der Waals surface area contributed by atoms with Gasteiger partial charge in [-0.1, -0.05) is 48.0 Å². The predicted octanol–water partition coefficient (Wildman–Crippen LogP) is 4.73. The monoisotopic (exact) mass is 394 g/mol. The second-order valence-electron chi connectivity index (χ2n) is 7.31. The molecule has 0 radical (unpaired) electrons. The van der Waals surface area contributed by atoms with Gasteiger partial charge in [0.1, 0.15) is 0 Å². The highest BCUT2D eigenvalue weighted by molar-refractivity contribution is 7.99. The highest BCUT2D eigenvalue weighted by atomic mass is 32.2. The van der Waals surface area contributed by atoms with Crippen molar-refractivity contribution in [2.45, 2.75) is 43.1 Å². The van der Waals surface area contributed by atoms with Crippen LogP contribution >= 0.6 is 11.8 Å². The molecule has 1 aliphatic heterocycles. The van der Waals surface area contributed by atoms with Crippen LogP contribution in [0.4, 0.5) is 0 Å². The summed E-state index contributed by atoms with van der Waals surface area (Å²) in [6, 6.07) is 19.2. The van der Waals surface area contributed by atoms with Crippen molar-refractivity contribution in [2.75, 3.05) is 12.4 Å². The van der Waals surface area contributed by atoms with Crippen LogP contribution in [0.5, 0.6) is 0 Å². The molecular weight excluding hydrogens is 368 g/mol. The minimum Gasteiger partial charge on any atom is -0.345 e. The molecule has 2 atom stereocenters. The van der Waals surface area contributed by atoms with E-state index in [9.17, 15) is 0 Å². The molecule has 0 aliphatic carbocycles. The summed E-state index contributed by atoms with van der Waals surface area (Å²) in [5, 5.41) is 0. The first-order valence-electron chi connectivity index (χ1n) is 9.72. The van der Waals surface area contributed by atoms with Crippen molar-refractivity contribution in [2.24, 2.45) is 0 Å². The van der Waals surface area contributed by atoms with Crippen LogP contribution in [0.2, 0.25) is 0 Å². The van der Waals surface area contributed by atoms with E-state index in [-0.39, 0.29) is 6.10 Å². The smallest absolute Gasteiger partial charge is 0.187 e. The lowest BCUT2D eigenvalue weighted by atomic mass is 10.0. The Balaban J connectivity index is 1.41. The Labute approximate surface area is 170 Å². The molecule has 0 N–H and O–H groups in total. The number of rotatable bonds is 8. The lowest BCUT2D eigenvalue weighted by Gasteiger charge is -2.28. The van der Waals surface area contributed by atoms with Crippen LogP contribution in [0.15, 0.2) is 78.2 Å². The number of nitrogens with zero attached hydrogens (tertiary/aromatic N) is 2. The van der Waals surface area contributed by atoms with Gasteiger partial charge in [-0.15, -0.1) is 11.8 Å². The van der Waals surface area contributed by atoms with Crippen molar-refractivity contribution in [3.63, 3.8) is 0 Å². The first kappa shape index (κ1) is 19.2. The summed E-state index contributed by atoms with van der Waals surface area (Å²) in [5.41, 5.74) is 2.59. The Hall–Kier alpha value is -2.08. The third kappa shape index (κ3) is 5.04. The van der Waals surface area contributed by atoms with E-state index in [2.05, 4.69) is 60.4 Å². The molecule has 146 valence electrons. The number of ether oxygens (including phenoxy) is 2. The molecule has 4 rings (SSSR count). The molecule has 3 aromatic rings. The molecule has 2 aromatic carbocycles. The molecule has 0 spiro atoms. The molecule has 2 unspecified atom stereocenters. The van der Waals surface area contributed by atoms with Crippen molar-refractivity contribution >= 4 is 11.8 Å². The molecule has 1 saturated heterocycles. The number of aryl methyl sites for hydroxylation is 2. The molecule has 2 heterocycles. The maximum atomic E-state index is 6.50. The zero-order valence-electron chi connectivity index (χ0n) is 16.2. The minimum absolute atomic E-state index is 0.0896. The largest absolute Gasteiger partial charge is 0.345 e. The van der Waals surface area contributed by atoms with Crippen LogP contribution in [-0.2, 0) is 22.4 Å². The fourth-order valence-corrected chi connectivity index (χ4v) is 4.34. The van der Waals surface area contributed by atoms with Crippen LogP contribution in [0, 0.1) is 6.92 Å². The van der Waals surface area contributed by atoms with Crippen LogP contribution in [0.3, 0.4) is 0 Å². The minimum atomic E-state index is -0.604. The number of imidazole rings is 1. The van der Waals surface area contributed by atoms with Gasteiger partial charge in [0.15, 0.2) is 5.79 Å².